The van der Waals surface area contributed by atoms with Crippen LogP contribution in [-0.2, 0) is 20.8 Å². The second-order valence-corrected chi connectivity index (χ2v) is 7.22. The third-order valence-electron chi connectivity index (χ3n) is 5.26. The lowest BCUT2D eigenvalue weighted by atomic mass is 9.99. The molecule has 0 bridgehead atoms. The molecule has 0 unspecified atom stereocenters. The van der Waals surface area contributed by atoms with E-state index in [1.165, 1.54) is 7.11 Å². The molecule has 0 saturated carbocycles. The van der Waals surface area contributed by atoms with Crippen LogP contribution in [0.2, 0.25) is 0 Å². The molecule has 1 aliphatic heterocycles. The monoisotopic (exact) mass is 400 g/mol. The largest absolute Gasteiger partial charge is 0.466 e. The van der Waals surface area contributed by atoms with E-state index in [0.29, 0.717) is 31.0 Å². The molecule has 0 spiro atoms. The van der Waals surface area contributed by atoms with Crippen molar-refractivity contribution in [2.75, 3.05) is 20.3 Å². The van der Waals surface area contributed by atoms with Crippen molar-refractivity contribution in [3.8, 4) is 11.5 Å². The summed E-state index contributed by atoms with van der Waals surface area (Å²) >= 11 is 0. The number of oxazole rings is 1. The molecule has 2 aromatic rings. The van der Waals surface area contributed by atoms with E-state index in [4.69, 9.17) is 13.9 Å². The molecule has 1 fully saturated rings. The number of hydrogen-bond donors (Lipinski definition) is 0. The number of carbonyl (C=O) groups excluding carboxylic acids is 2. The van der Waals surface area contributed by atoms with Crippen LogP contribution in [0, 0.1) is 6.92 Å². The molecule has 2 heterocycles. The Bertz CT molecular complexity index is 843. The van der Waals surface area contributed by atoms with Crippen LogP contribution in [0.1, 0.15) is 54.4 Å². The van der Waals surface area contributed by atoms with Crippen molar-refractivity contribution in [2.45, 2.75) is 52.1 Å². The molecule has 1 aromatic carbocycles. The Labute approximate surface area is 171 Å². The first-order valence-corrected chi connectivity index (χ1v) is 10.1. The zero-order valence-electron chi connectivity index (χ0n) is 17.3. The van der Waals surface area contributed by atoms with Crippen molar-refractivity contribution in [3.05, 3.63) is 41.3 Å². The van der Waals surface area contributed by atoms with Crippen molar-refractivity contribution in [2.24, 2.45) is 0 Å². The number of nitrogens with zero attached hydrogens (tertiary/aromatic N) is 2. The predicted octanol–water partition coefficient (Wildman–Crippen LogP) is 3.74. The molecule has 0 aliphatic carbocycles. The van der Waals surface area contributed by atoms with Crippen molar-refractivity contribution in [1.29, 1.82) is 0 Å². The topological polar surface area (TPSA) is 81.9 Å². The summed E-state index contributed by atoms with van der Waals surface area (Å²) in [4.78, 5) is 30.5. The summed E-state index contributed by atoms with van der Waals surface area (Å²) in [7, 11) is 1.36. The van der Waals surface area contributed by atoms with E-state index in [2.05, 4.69) is 9.88 Å². The lowest BCUT2D eigenvalue weighted by molar-refractivity contribution is -0.145. The number of likely N-dealkylation sites (tertiary alicyclic amines) is 1. The first-order valence-electron chi connectivity index (χ1n) is 10.1. The van der Waals surface area contributed by atoms with Gasteiger partial charge >= 0.3 is 11.9 Å². The van der Waals surface area contributed by atoms with Crippen molar-refractivity contribution >= 4 is 11.9 Å². The normalized spacial score (nSPS) is 17.1. The van der Waals surface area contributed by atoms with Gasteiger partial charge in [-0.2, -0.15) is 0 Å². The van der Waals surface area contributed by atoms with Crippen molar-refractivity contribution < 1.29 is 23.5 Å². The molecule has 1 saturated heterocycles. The van der Waals surface area contributed by atoms with Gasteiger partial charge in [0.05, 0.1) is 31.4 Å². The van der Waals surface area contributed by atoms with Gasteiger partial charge in [-0.1, -0.05) is 6.42 Å². The number of carbonyl (C=O) groups is 2. The van der Waals surface area contributed by atoms with Crippen LogP contribution in [0.3, 0.4) is 0 Å². The fourth-order valence-corrected chi connectivity index (χ4v) is 3.67. The molecule has 7 nitrogen and oxygen atoms in total. The summed E-state index contributed by atoms with van der Waals surface area (Å²) in [5.74, 6) is 0.761. The number of piperidine rings is 1. The number of ether oxygens (including phenoxy) is 2. The highest BCUT2D eigenvalue weighted by atomic mass is 16.5. The summed E-state index contributed by atoms with van der Waals surface area (Å²) in [5, 5.41) is 0. The SMILES string of the molecule is CCOC(=O)C[C@H]1CCCCN1Cc1nc(-c2ccc(C(=O)OC)cc2)oc1C. The van der Waals surface area contributed by atoms with E-state index < -0.39 is 0 Å². The Hall–Kier alpha value is -2.67. The van der Waals surface area contributed by atoms with Crippen LogP contribution in [0.4, 0.5) is 0 Å². The van der Waals surface area contributed by atoms with Crippen LogP contribution in [0.15, 0.2) is 28.7 Å². The Morgan fingerprint density at radius 3 is 2.69 bits per heavy atom. The molecule has 29 heavy (non-hydrogen) atoms. The lowest BCUT2D eigenvalue weighted by Crippen LogP contribution is -2.40. The van der Waals surface area contributed by atoms with Crippen LogP contribution in [-0.4, -0.2) is 48.1 Å². The smallest absolute Gasteiger partial charge is 0.337 e. The zero-order valence-corrected chi connectivity index (χ0v) is 17.3. The summed E-state index contributed by atoms with van der Waals surface area (Å²) < 4.78 is 15.7. The Morgan fingerprint density at radius 2 is 2.00 bits per heavy atom. The van der Waals surface area contributed by atoms with E-state index in [0.717, 1.165) is 42.8 Å². The Kier molecular flexibility index (Phi) is 7.04. The van der Waals surface area contributed by atoms with Crippen LogP contribution >= 0.6 is 0 Å². The molecule has 0 radical (unpaired) electrons. The molecule has 156 valence electrons. The van der Waals surface area contributed by atoms with Gasteiger partial charge < -0.3 is 13.9 Å². The van der Waals surface area contributed by atoms with Gasteiger partial charge in [-0.05, 0) is 57.5 Å². The molecule has 7 heteroatoms. The molecule has 3 rings (SSSR count). The standard InChI is InChI=1S/C22H28N2O5/c1-4-28-20(25)13-18-7-5-6-12-24(18)14-19-15(2)29-21(23-19)16-8-10-17(11-9-16)22(26)27-3/h8-11,18H,4-7,12-14H2,1-3H3/t18-/m1/s1. The molecule has 0 N–H and O–H groups in total. The average Bonchev–Trinajstić information content (AvgIpc) is 3.09. The van der Waals surface area contributed by atoms with E-state index in [9.17, 15) is 9.59 Å². The zero-order chi connectivity index (χ0) is 20.8. The Morgan fingerprint density at radius 1 is 1.24 bits per heavy atom. The van der Waals surface area contributed by atoms with Crippen LogP contribution in [0.25, 0.3) is 11.5 Å². The van der Waals surface area contributed by atoms with Crippen LogP contribution in [0.5, 0.6) is 0 Å². The van der Waals surface area contributed by atoms with Gasteiger partial charge in [0.25, 0.3) is 0 Å². The van der Waals surface area contributed by atoms with Gasteiger partial charge in [-0.25, -0.2) is 9.78 Å². The lowest BCUT2D eigenvalue weighted by Gasteiger charge is -2.34. The van der Waals surface area contributed by atoms with Gasteiger partial charge in [0.15, 0.2) is 0 Å². The second kappa shape index (κ2) is 9.69. The summed E-state index contributed by atoms with van der Waals surface area (Å²) in [5.41, 5.74) is 2.15. The molecule has 1 atom stereocenters. The quantitative estimate of drug-likeness (QED) is 0.655. The van der Waals surface area contributed by atoms with Gasteiger partial charge in [-0.3, -0.25) is 9.69 Å². The fourth-order valence-electron chi connectivity index (χ4n) is 3.67. The first-order chi connectivity index (χ1) is 14.0. The maximum atomic E-state index is 11.9. The highest BCUT2D eigenvalue weighted by molar-refractivity contribution is 5.89. The molecule has 1 aromatic heterocycles. The van der Waals surface area contributed by atoms with Gasteiger partial charge in [0.1, 0.15) is 5.76 Å². The number of hydrogen-bond acceptors (Lipinski definition) is 7. The molecular formula is C22H28N2O5. The Balaban J connectivity index is 1.72. The maximum Gasteiger partial charge on any atom is 0.337 e. The molecule has 1 aliphatic rings. The number of aromatic nitrogens is 1. The van der Waals surface area contributed by atoms with Crippen molar-refractivity contribution in [3.63, 3.8) is 0 Å². The minimum Gasteiger partial charge on any atom is -0.466 e. The van der Waals surface area contributed by atoms with Gasteiger partial charge in [0, 0.05) is 18.2 Å². The van der Waals surface area contributed by atoms with Gasteiger partial charge in [-0.15, -0.1) is 0 Å². The van der Waals surface area contributed by atoms with Gasteiger partial charge in [0.2, 0.25) is 5.89 Å². The number of benzene rings is 1. The number of esters is 2. The van der Waals surface area contributed by atoms with Crippen LogP contribution < -0.4 is 0 Å². The second-order valence-electron chi connectivity index (χ2n) is 7.22. The summed E-state index contributed by atoms with van der Waals surface area (Å²) in [6, 6.07) is 7.15. The first kappa shape index (κ1) is 21.0. The number of aryl methyl sites for hydroxylation is 1. The van der Waals surface area contributed by atoms with E-state index >= 15 is 0 Å². The predicted molar refractivity (Wildman–Crippen MR) is 107 cm³/mol. The maximum absolute atomic E-state index is 11.9. The fraction of sp³-hybridized carbons (Fsp3) is 0.500. The summed E-state index contributed by atoms with van der Waals surface area (Å²) in [6.45, 7) is 5.71. The minimum absolute atomic E-state index is 0.146. The highest BCUT2D eigenvalue weighted by Crippen LogP contribution is 2.26. The third kappa shape index (κ3) is 5.23. The third-order valence-corrected chi connectivity index (χ3v) is 5.26. The summed E-state index contributed by atoms with van der Waals surface area (Å²) in [6.07, 6.45) is 3.62. The van der Waals surface area contributed by atoms with E-state index in [-0.39, 0.29) is 18.0 Å². The number of methoxy groups -OCH3 is 1. The molecular weight excluding hydrogens is 372 g/mol. The van der Waals surface area contributed by atoms with E-state index in [1.807, 2.05) is 13.8 Å². The van der Waals surface area contributed by atoms with Crippen molar-refractivity contribution in [1.82, 2.24) is 9.88 Å². The highest BCUT2D eigenvalue weighted by Gasteiger charge is 2.27. The minimum atomic E-state index is -0.376. The number of rotatable bonds is 7. The average molecular weight is 400 g/mol. The van der Waals surface area contributed by atoms with E-state index in [1.54, 1.807) is 24.3 Å². The molecule has 0 amide bonds.